The molecule has 2 aliphatic heterocycles. The van der Waals surface area contributed by atoms with Crippen molar-refractivity contribution in [3.05, 3.63) is 42.0 Å². The first-order valence-electron chi connectivity index (χ1n) is 7.50. The van der Waals surface area contributed by atoms with Crippen LogP contribution < -0.4 is 14.8 Å². The third-order valence-electron chi connectivity index (χ3n) is 4.07. The smallest absolute Gasteiger partial charge is 0.251 e. The number of hydrogen-bond acceptors (Lipinski definition) is 4. The van der Waals surface area contributed by atoms with Gasteiger partial charge in [0.1, 0.15) is 19.0 Å². The number of ether oxygens (including phenoxy) is 2. The monoisotopic (exact) mass is 299 g/mol. The van der Waals surface area contributed by atoms with Crippen LogP contribution in [0.2, 0.25) is 0 Å². The maximum atomic E-state index is 12.4. The maximum absolute atomic E-state index is 12.4. The Morgan fingerprint density at radius 1 is 1.27 bits per heavy atom. The van der Waals surface area contributed by atoms with Crippen molar-refractivity contribution >= 4 is 5.91 Å². The molecular weight excluding hydrogens is 282 g/mol. The highest BCUT2D eigenvalue weighted by Crippen LogP contribution is 2.30. The molecule has 0 aliphatic carbocycles. The van der Waals surface area contributed by atoms with Crippen LogP contribution in [0.1, 0.15) is 22.6 Å². The molecule has 22 heavy (non-hydrogen) atoms. The lowest BCUT2D eigenvalue weighted by molar-refractivity contribution is 0.0926. The standard InChI is InChI=1S/C16H17N3O3/c20-16(11-1-3-13-14(9-11)22-8-7-21-13)18-12-2-4-15-17-5-6-19(15)10-12/h1,3,5-6,9,12H,2,4,7-8,10H2,(H,18,20)/t12-/m1/s1. The zero-order valence-corrected chi connectivity index (χ0v) is 12.1. The lowest BCUT2D eigenvalue weighted by Crippen LogP contribution is -2.40. The summed E-state index contributed by atoms with van der Waals surface area (Å²) in [6, 6.07) is 5.43. The van der Waals surface area contributed by atoms with Gasteiger partial charge in [-0.15, -0.1) is 0 Å². The highest BCUT2D eigenvalue weighted by atomic mass is 16.6. The summed E-state index contributed by atoms with van der Waals surface area (Å²) in [4.78, 5) is 16.7. The Morgan fingerprint density at radius 3 is 3.05 bits per heavy atom. The van der Waals surface area contributed by atoms with Crippen molar-refractivity contribution in [3.63, 3.8) is 0 Å². The minimum absolute atomic E-state index is 0.0782. The molecule has 0 unspecified atom stereocenters. The number of aromatic nitrogens is 2. The summed E-state index contributed by atoms with van der Waals surface area (Å²) in [5.41, 5.74) is 0.598. The molecule has 4 rings (SSSR count). The van der Waals surface area contributed by atoms with Gasteiger partial charge < -0.3 is 19.4 Å². The molecule has 0 spiro atoms. The number of benzene rings is 1. The Bertz CT molecular complexity index is 710. The Kier molecular flexibility index (Phi) is 3.21. The van der Waals surface area contributed by atoms with E-state index in [0.29, 0.717) is 30.3 Å². The number of rotatable bonds is 2. The van der Waals surface area contributed by atoms with Crippen molar-refractivity contribution in [3.8, 4) is 11.5 Å². The van der Waals surface area contributed by atoms with E-state index >= 15 is 0 Å². The first kappa shape index (κ1) is 13.2. The Morgan fingerprint density at radius 2 is 2.14 bits per heavy atom. The number of carbonyl (C=O) groups is 1. The fourth-order valence-electron chi connectivity index (χ4n) is 2.94. The van der Waals surface area contributed by atoms with Crippen molar-refractivity contribution < 1.29 is 14.3 Å². The number of fused-ring (bicyclic) bond motifs is 2. The normalized spacial score (nSPS) is 19.4. The van der Waals surface area contributed by atoms with Crippen LogP contribution in [0, 0.1) is 0 Å². The van der Waals surface area contributed by atoms with Gasteiger partial charge in [-0.05, 0) is 24.6 Å². The molecule has 114 valence electrons. The van der Waals surface area contributed by atoms with Gasteiger partial charge in [-0.2, -0.15) is 0 Å². The fourth-order valence-corrected chi connectivity index (χ4v) is 2.94. The zero-order valence-electron chi connectivity index (χ0n) is 12.1. The van der Waals surface area contributed by atoms with Crippen molar-refractivity contribution in [1.29, 1.82) is 0 Å². The molecule has 1 amide bonds. The summed E-state index contributed by atoms with van der Waals surface area (Å²) in [7, 11) is 0. The van der Waals surface area contributed by atoms with Crippen molar-refractivity contribution in [2.75, 3.05) is 13.2 Å². The summed E-state index contributed by atoms with van der Waals surface area (Å²) >= 11 is 0. The predicted molar refractivity (Wildman–Crippen MR) is 79.2 cm³/mol. The molecule has 2 aromatic rings. The SMILES string of the molecule is O=C(N[C@@H]1CCc2nccn2C1)c1ccc2c(c1)OCCO2. The van der Waals surface area contributed by atoms with E-state index in [2.05, 4.69) is 14.9 Å². The number of aryl methyl sites for hydroxylation is 1. The average Bonchev–Trinajstić information content (AvgIpc) is 3.02. The zero-order chi connectivity index (χ0) is 14.9. The van der Waals surface area contributed by atoms with Crippen LogP contribution in [0.15, 0.2) is 30.6 Å². The number of hydrogen-bond donors (Lipinski definition) is 1. The van der Waals surface area contributed by atoms with Gasteiger partial charge in [0.25, 0.3) is 5.91 Å². The summed E-state index contributed by atoms with van der Waals surface area (Å²) in [6.07, 6.45) is 5.56. The summed E-state index contributed by atoms with van der Waals surface area (Å²) in [6.45, 7) is 1.84. The maximum Gasteiger partial charge on any atom is 0.251 e. The van der Waals surface area contributed by atoms with E-state index in [1.807, 2.05) is 6.20 Å². The van der Waals surface area contributed by atoms with Crippen LogP contribution >= 0.6 is 0 Å². The Balaban J connectivity index is 1.46. The van der Waals surface area contributed by atoms with Gasteiger partial charge in [-0.3, -0.25) is 4.79 Å². The molecule has 2 aliphatic rings. The highest BCUT2D eigenvalue weighted by molar-refractivity contribution is 5.95. The topological polar surface area (TPSA) is 65.4 Å². The minimum Gasteiger partial charge on any atom is -0.486 e. The largest absolute Gasteiger partial charge is 0.486 e. The highest BCUT2D eigenvalue weighted by Gasteiger charge is 2.22. The fraction of sp³-hybridized carbons (Fsp3) is 0.375. The van der Waals surface area contributed by atoms with E-state index in [-0.39, 0.29) is 11.9 Å². The van der Waals surface area contributed by atoms with Crippen molar-refractivity contribution in [2.45, 2.75) is 25.4 Å². The summed E-state index contributed by atoms with van der Waals surface area (Å²) < 4.78 is 13.1. The Hall–Kier alpha value is -2.50. The quantitative estimate of drug-likeness (QED) is 0.910. The number of nitrogens with one attached hydrogen (secondary N) is 1. The van der Waals surface area contributed by atoms with Crippen LogP contribution in [-0.2, 0) is 13.0 Å². The summed E-state index contributed by atoms with van der Waals surface area (Å²) in [5.74, 6) is 2.35. The van der Waals surface area contributed by atoms with Gasteiger partial charge in [-0.1, -0.05) is 0 Å². The van der Waals surface area contributed by atoms with Gasteiger partial charge in [0.05, 0.1) is 0 Å². The van der Waals surface area contributed by atoms with Crippen LogP contribution in [0.25, 0.3) is 0 Å². The van der Waals surface area contributed by atoms with Crippen LogP contribution in [-0.4, -0.2) is 34.7 Å². The van der Waals surface area contributed by atoms with Gasteiger partial charge in [0.2, 0.25) is 0 Å². The lowest BCUT2D eigenvalue weighted by atomic mass is 10.1. The molecule has 1 atom stereocenters. The third kappa shape index (κ3) is 2.41. The number of amides is 1. The van der Waals surface area contributed by atoms with Crippen LogP contribution in [0.4, 0.5) is 0 Å². The average molecular weight is 299 g/mol. The molecule has 1 aromatic carbocycles. The van der Waals surface area contributed by atoms with Crippen LogP contribution in [0.5, 0.6) is 11.5 Å². The molecule has 3 heterocycles. The molecule has 6 nitrogen and oxygen atoms in total. The van der Waals surface area contributed by atoms with Crippen molar-refractivity contribution in [1.82, 2.24) is 14.9 Å². The van der Waals surface area contributed by atoms with E-state index in [1.165, 1.54) is 0 Å². The molecule has 6 heteroatoms. The van der Waals surface area contributed by atoms with Crippen LogP contribution in [0.3, 0.4) is 0 Å². The molecule has 0 bridgehead atoms. The molecule has 0 radical (unpaired) electrons. The molecule has 1 N–H and O–H groups in total. The minimum atomic E-state index is -0.0782. The molecule has 0 saturated carbocycles. The van der Waals surface area contributed by atoms with Gasteiger partial charge >= 0.3 is 0 Å². The van der Waals surface area contributed by atoms with E-state index < -0.39 is 0 Å². The second-order valence-corrected chi connectivity index (χ2v) is 5.56. The second-order valence-electron chi connectivity index (χ2n) is 5.56. The number of imidazole rings is 1. The first-order chi connectivity index (χ1) is 10.8. The number of carbonyl (C=O) groups excluding carboxylic acids is 1. The molecule has 0 fully saturated rings. The summed E-state index contributed by atoms with van der Waals surface area (Å²) in [5, 5.41) is 3.09. The van der Waals surface area contributed by atoms with Gasteiger partial charge in [0.15, 0.2) is 11.5 Å². The van der Waals surface area contributed by atoms with E-state index in [0.717, 1.165) is 25.2 Å². The van der Waals surface area contributed by atoms with Crippen molar-refractivity contribution in [2.24, 2.45) is 0 Å². The number of nitrogens with zero attached hydrogens (tertiary/aromatic N) is 2. The Labute approximate surface area is 128 Å². The second kappa shape index (κ2) is 5.36. The van der Waals surface area contributed by atoms with E-state index in [1.54, 1.807) is 24.4 Å². The van der Waals surface area contributed by atoms with Gasteiger partial charge in [-0.25, -0.2) is 4.98 Å². The predicted octanol–water partition coefficient (Wildman–Crippen LogP) is 1.40. The lowest BCUT2D eigenvalue weighted by Gasteiger charge is -2.25. The molecule has 0 saturated heterocycles. The van der Waals surface area contributed by atoms with Gasteiger partial charge in [0, 0.05) is 37.0 Å². The molecule has 1 aromatic heterocycles. The van der Waals surface area contributed by atoms with E-state index in [4.69, 9.17) is 9.47 Å². The third-order valence-corrected chi connectivity index (χ3v) is 4.07. The van der Waals surface area contributed by atoms with E-state index in [9.17, 15) is 4.79 Å². The molecular formula is C16H17N3O3. The first-order valence-corrected chi connectivity index (χ1v) is 7.50.